The van der Waals surface area contributed by atoms with Crippen LogP contribution in [0.4, 0.5) is 0 Å². The summed E-state index contributed by atoms with van der Waals surface area (Å²) in [4.78, 5) is 16.4. The van der Waals surface area contributed by atoms with Crippen molar-refractivity contribution in [3.05, 3.63) is 64.7 Å². The number of aryl methyl sites for hydroxylation is 3. The molecular weight excluding hydrogens is 334 g/mol. The smallest absolute Gasteiger partial charge is 0.349 e. The molecule has 0 bridgehead atoms. The molecule has 3 rings (SSSR count). The molecule has 0 saturated heterocycles. The Morgan fingerprint density at radius 2 is 1.68 bits per heavy atom. The molecule has 0 radical (unpaired) electrons. The Labute approximate surface area is 151 Å². The number of rotatable bonds is 5. The van der Waals surface area contributed by atoms with Gasteiger partial charge in [0.15, 0.2) is 6.61 Å². The molecule has 0 fully saturated rings. The Hall–Kier alpha value is -2.66. The Morgan fingerprint density at radius 3 is 2.28 bits per heavy atom. The van der Waals surface area contributed by atoms with E-state index in [2.05, 4.69) is 11.1 Å². The van der Waals surface area contributed by atoms with Crippen LogP contribution in [0.3, 0.4) is 0 Å². The fourth-order valence-electron chi connectivity index (χ4n) is 2.47. The Morgan fingerprint density at radius 1 is 1.00 bits per heavy atom. The van der Waals surface area contributed by atoms with E-state index in [1.165, 1.54) is 0 Å². The molecule has 0 spiro atoms. The predicted octanol–water partition coefficient (Wildman–Crippen LogP) is 4.72. The highest BCUT2D eigenvalue weighted by molar-refractivity contribution is 7.13. The van der Waals surface area contributed by atoms with E-state index in [-0.39, 0.29) is 6.61 Å². The summed E-state index contributed by atoms with van der Waals surface area (Å²) in [7, 11) is 0. The van der Waals surface area contributed by atoms with Crippen LogP contribution in [0.1, 0.15) is 16.8 Å². The summed E-state index contributed by atoms with van der Waals surface area (Å²) in [6.45, 7) is 5.82. The lowest BCUT2D eigenvalue weighted by atomic mass is 10.1. The fourth-order valence-corrected chi connectivity index (χ4v) is 3.28. The standard InChI is InChI=1S/C20H19NO3S/c1-13-8-14(2)10-18(9-13)23-11-19(22)24-17-6-4-16(5-7-17)20-21-15(3)12-25-20/h4-10,12H,11H2,1-3H3. The first-order valence-electron chi connectivity index (χ1n) is 7.94. The Kier molecular flexibility index (Phi) is 5.14. The maximum Gasteiger partial charge on any atom is 0.349 e. The van der Waals surface area contributed by atoms with E-state index in [0.29, 0.717) is 11.5 Å². The molecule has 0 aliphatic heterocycles. The van der Waals surface area contributed by atoms with Crippen molar-refractivity contribution in [1.82, 2.24) is 4.98 Å². The van der Waals surface area contributed by atoms with Gasteiger partial charge in [-0.05, 0) is 68.3 Å². The van der Waals surface area contributed by atoms with Crippen molar-refractivity contribution in [2.24, 2.45) is 0 Å². The minimum Gasteiger partial charge on any atom is -0.482 e. The molecule has 0 aliphatic rings. The average molecular weight is 353 g/mol. The van der Waals surface area contributed by atoms with Crippen molar-refractivity contribution >= 4 is 17.3 Å². The summed E-state index contributed by atoms with van der Waals surface area (Å²) >= 11 is 1.59. The summed E-state index contributed by atoms with van der Waals surface area (Å²) in [5.74, 6) is 0.729. The summed E-state index contributed by atoms with van der Waals surface area (Å²) in [6, 6.07) is 13.2. The molecule has 0 atom stereocenters. The largest absolute Gasteiger partial charge is 0.482 e. The van der Waals surface area contributed by atoms with Crippen LogP contribution >= 0.6 is 11.3 Å². The second kappa shape index (κ2) is 7.49. The number of hydrogen-bond acceptors (Lipinski definition) is 5. The second-order valence-electron chi connectivity index (χ2n) is 5.90. The van der Waals surface area contributed by atoms with Crippen molar-refractivity contribution in [2.75, 3.05) is 6.61 Å². The summed E-state index contributed by atoms with van der Waals surface area (Å²) in [6.07, 6.45) is 0. The predicted molar refractivity (Wildman–Crippen MR) is 99.3 cm³/mol. The number of carbonyl (C=O) groups excluding carboxylic acids is 1. The molecule has 0 N–H and O–H groups in total. The van der Waals surface area contributed by atoms with Gasteiger partial charge in [0.1, 0.15) is 16.5 Å². The van der Waals surface area contributed by atoms with Gasteiger partial charge in [0, 0.05) is 16.6 Å². The maximum absolute atomic E-state index is 12.0. The highest BCUT2D eigenvalue weighted by atomic mass is 32.1. The molecular formula is C20H19NO3S. The summed E-state index contributed by atoms with van der Waals surface area (Å²) < 4.78 is 10.8. The summed E-state index contributed by atoms with van der Waals surface area (Å²) in [5, 5.41) is 2.96. The third kappa shape index (κ3) is 4.67. The highest BCUT2D eigenvalue weighted by Gasteiger charge is 2.08. The lowest BCUT2D eigenvalue weighted by molar-refractivity contribution is -0.136. The van der Waals surface area contributed by atoms with Gasteiger partial charge < -0.3 is 9.47 Å². The maximum atomic E-state index is 12.0. The first kappa shape index (κ1) is 17.2. The van der Waals surface area contributed by atoms with Crippen LogP contribution in [-0.2, 0) is 4.79 Å². The van der Waals surface area contributed by atoms with E-state index in [4.69, 9.17) is 9.47 Å². The minimum absolute atomic E-state index is 0.129. The average Bonchev–Trinajstić information content (AvgIpc) is 2.99. The van der Waals surface area contributed by atoms with Crippen LogP contribution in [-0.4, -0.2) is 17.6 Å². The molecule has 2 aromatic carbocycles. The van der Waals surface area contributed by atoms with E-state index in [1.807, 2.05) is 50.4 Å². The number of hydrogen-bond donors (Lipinski definition) is 0. The van der Waals surface area contributed by atoms with Gasteiger partial charge in [-0.25, -0.2) is 9.78 Å². The van der Waals surface area contributed by atoms with Gasteiger partial charge in [0.2, 0.25) is 0 Å². The van der Waals surface area contributed by atoms with Crippen LogP contribution in [0.5, 0.6) is 11.5 Å². The summed E-state index contributed by atoms with van der Waals surface area (Å²) in [5.41, 5.74) is 4.19. The monoisotopic (exact) mass is 353 g/mol. The molecule has 4 nitrogen and oxygen atoms in total. The number of aromatic nitrogens is 1. The lowest BCUT2D eigenvalue weighted by Gasteiger charge is -2.08. The molecule has 3 aromatic rings. The zero-order chi connectivity index (χ0) is 17.8. The number of benzene rings is 2. The zero-order valence-corrected chi connectivity index (χ0v) is 15.2. The van der Waals surface area contributed by atoms with Gasteiger partial charge in [-0.2, -0.15) is 0 Å². The molecule has 0 aliphatic carbocycles. The van der Waals surface area contributed by atoms with E-state index in [1.54, 1.807) is 23.5 Å². The van der Waals surface area contributed by atoms with Crippen molar-refractivity contribution < 1.29 is 14.3 Å². The highest BCUT2D eigenvalue weighted by Crippen LogP contribution is 2.25. The number of carbonyl (C=O) groups is 1. The van der Waals surface area contributed by atoms with Gasteiger partial charge in [0.25, 0.3) is 0 Å². The molecule has 0 amide bonds. The number of esters is 1. The minimum atomic E-state index is -0.433. The van der Waals surface area contributed by atoms with Gasteiger partial charge in [-0.3, -0.25) is 0 Å². The van der Waals surface area contributed by atoms with Crippen molar-refractivity contribution in [3.63, 3.8) is 0 Å². The van der Waals surface area contributed by atoms with Gasteiger partial charge in [-0.1, -0.05) is 6.07 Å². The van der Waals surface area contributed by atoms with Gasteiger partial charge in [0.05, 0.1) is 0 Å². The zero-order valence-electron chi connectivity index (χ0n) is 14.4. The Bertz CT molecular complexity index is 864. The van der Waals surface area contributed by atoms with E-state index < -0.39 is 5.97 Å². The topological polar surface area (TPSA) is 48.4 Å². The van der Waals surface area contributed by atoms with Crippen molar-refractivity contribution in [1.29, 1.82) is 0 Å². The van der Waals surface area contributed by atoms with Gasteiger partial charge in [-0.15, -0.1) is 11.3 Å². The second-order valence-corrected chi connectivity index (χ2v) is 6.76. The van der Waals surface area contributed by atoms with Crippen LogP contribution < -0.4 is 9.47 Å². The SMILES string of the molecule is Cc1cc(C)cc(OCC(=O)Oc2ccc(-c3nc(C)cs3)cc2)c1. The van der Waals surface area contributed by atoms with Crippen molar-refractivity contribution in [3.8, 4) is 22.1 Å². The molecule has 0 saturated carbocycles. The van der Waals surface area contributed by atoms with Crippen LogP contribution in [0.25, 0.3) is 10.6 Å². The molecule has 1 heterocycles. The third-order valence-electron chi connectivity index (χ3n) is 3.50. The first-order valence-corrected chi connectivity index (χ1v) is 8.82. The number of ether oxygens (including phenoxy) is 2. The molecule has 128 valence electrons. The van der Waals surface area contributed by atoms with Crippen LogP contribution in [0, 0.1) is 20.8 Å². The van der Waals surface area contributed by atoms with Crippen LogP contribution in [0.15, 0.2) is 47.8 Å². The number of thiazole rings is 1. The third-order valence-corrected chi connectivity index (χ3v) is 4.51. The van der Waals surface area contributed by atoms with Crippen molar-refractivity contribution in [2.45, 2.75) is 20.8 Å². The van der Waals surface area contributed by atoms with E-state index in [0.717, 1.165) is 27.4 Å². The lowest BCUT2D eigenvalue weighted by Crippen LogP contribution is -2.17. The molecule has 1 aromatic heterocycles. The quantitative estimate of drug-likeness (QED) is 0.492. The first-order chi connectivity index (χ1) is 12.0. The molecule has 5 heteroatoms. The number of nitrogens with zero attached hydrogens (tertiary/aromatic N) is 1. The Balaban J connectivity index is 1.57. The molecule has 0 unspecified atom stereocenters. The van der Waals surface area contributed by atoms with E-state index in [9.17, 15) is 4.79 Å². The fraction of sp³-hybridized carbons (Fsp3) is 0.200. The molecule has 25 heavy (non-hydrogen) atoms. The normalized spacial score (nSPS) is 10.5. The van der Waals surface area contributed by atoms with E-state index >= 15 is 0 Å². The van der Waals surface area contributed by atoms with Gasteiger partial charge >= 0.3 is 5.97 Å². The van der Waals surface area contributed by atoms with Crippen LogP contribution in [0.2, 0.25) is 0 Å².